The number of hydrogen-bond acceptors (Lipinski definition) is 4. The first-order chi connectivity index (χ1) is 11.0. The van der Waals surface area contributed by atoms with Crippen molar-refractivity contribution in [1.29, 1.82) is 0 Å². The minimum absolute atomic E-state index is 0.0196. The van der Waals surface area contributed by atoms with Crippen LogP contribution in [0.5, 0.6) is 5.75 Å². The molecule has 1 aliphatic carbocycles. The number of nitrogens with one attached hydrogen (secondary N) is 1. The van der Waals surface area contributed by atoms with E-state index >= 15 is 0 Å². The number of amides is 1. The van der Waals surface area contributed by atoms with Crippen LogP contribution in [-0.4, -0.2) is 44.4 Å². The van der Waals surface area contributed by atoms with Gasteiger partial charge in [-0.2, -0.15) is 4.31 Å². The number of carbonyl (C=O) groups is 1. The molecule has 1 aliphatic heterocycles. The van der Waals surface area contributed by atoms with Crippen molar-refractivity contribution < 1.29 is 17.9 Å². The number of benzene rings is 1. The zero-order valence-electron chi connectivity index (χ0n) is 12.6. The molecule has 2 aliphatic rings. The van der Waals surface area contributed by atoms with Gasteiger partial charge in [0.15, 0.2) is 6.61 Å². The predicted octanol–water partition coefficient (Wildman–Crippen LogP) is 1.78. The molecule has 1 saturated carbocycles. The summed E-state index contributed by atoms with van der Waals surface area (Å²) in [6.07, 6.45) is 3.67. The van der Waals surface area contributed by atoms with Crippen LogP contribution in [0, 0.1) is 0 Å². The van der Waals surface area contributed by atoms with Crippen molar-refractivity contribution in [3.8, 4) is 5.75 Å². The van der Waals surface area contributed by atoms with Crippen LogP contribution in [0.1, 0.15) is 25.7 Å². The van der Waals surface area contributed by atoms with Crippen molar-refractivity contribution in [1.82, 2.24) is 9.62 Å². The van der Waals surface area contributed by atoms with Gasteiger partial charge in [-0.3, -0.25) is 4.79 Å². The zero-order chi connectivity index (χ0) is 16.4. The number of hydrogen-bond donors (Lipinski definition) is 1. The molecule has 0 aromatic heterocycles. The summed E-state index contributed by atoms with van der Waals surface area (Å²) in [5.41, 5.74) is 0. The lowest BCUT2D eigenvalue weighted by Gasteiger charge is -2.18. The third-order valence-electron chi connectivity index (χ3n) is 3.89. The fourth-order valence-corrected chi connectivity index (χ4v) is 4.42. The molecule has 0 atom stereocenters. The van der Waals surface area contributed by atoms with Crippen molar-refractivity contribution in [2.24, 2.45) is 0 Å². The van der Waals surface area contributed by atoms with E-state index in [0.717, 1.165) is 25.7 Å². The first-order valence-corrected chi connectivity index (χ1v) is 9.50. The van der Waals surface area contributed by atoms with Gasteiger partial charge in [0.05, 0.1) is 0 Å². The lowest BCUT2D eigenvalue weighted by Crippen LogP contribution is -2.31. The van der Waals surface area contributed by atoms with Gasteiger partial charge in [0, 0.05) is 24.2 Å². The SMILES string of the molecule is O=C(COc1ccc(Cl)cc1S(=O)(=O)N1CCCC1)NC1CC1. The Bertz CT molecular complexity index is 697. The highest BCUT2D eigenvalue weighted by Gasteiger charge is 2.30. The number of rotatable bonds is 6. The van der Waals surface area contributed by atoms with E-state index in [1.165, 1.54) is 16.4 Å². The van der Waals surface area contributed by atoms with Gasteiger partial charge >= 0.3 is 0 Å². The van der Waals surface area contributed by atoms with Gasteiger partial charge < -0.3 is 10.1 Å². The molecule has 8 heteroatoms. The highest BCUT2D eigenvalue weighted by molar-refractivity contribution is 7.89. The molecule has 126 valence electrons. The molecule has 6 nitrogen and oxygen atoms in total. The Morgan fingerprint density at radius 3 is 2.65 bits per heavy atom. The fraction of sp³-hybridized carbons (Fsp3) is 0.533. The van der Waals surface area contributed by atoms with Gasteiger partial charge in [-0.25, -0.2) is 8.42 Å². The Labute approximate surface area is 140 Å². The average molecular weight is 359 g/mol. The number of nitrogens with zero attached hydrogens (tertiary/aromatic N) is 1. The number of sulfonamides is 1. The molecule has 1 aromatic rings. The normalized spacial score (nSPS) is 18.8. The molecule has 1 aromatic carbocycles. The maximum atomic E-state index is 12.7. The molecule has 2 fully saturated rings. The predicted molar refractivity (Wildman–Crippen MR) is 86.1 cm³/mol. The van der Waals surface area contributed by atoms with E-state index in [9.17, 15) is 13.2 Å². The van der Waals surface area contributed by atoms with Crippen molar-refractivity contribution in [3.05, 3.63) is 23.2 Å². The summed E-state index contributed by atoms with van der Waals surface area (Å²) < 4.78 is 32.3. The minimum atomic E-state index is -3.66. The second-order valence-electron chi connectivity index (χ2n) is 5.83. The monoisotopic (exact) mass is 358 g/mol. The van der Waals surface area contributed by atoms with Crippen molar-refractivity contribution >= 4 is 27.5 Å². The van der Waals surface area contributed by atoms with E-state index in [4.69, 9.17) is 16.3 Å². The first-order valence-electron chi connectivity index (χ1n) is 7.69. The Hall–Kier alpha value is -1.31. The van der Waals surface area contributed by atoms with Gasteiger partial charge in [-0.15, -0.1) is 0 Å². The fourth-order valence-electron chi connectivity index (χ4n) is 2.51. The molecule has 1 heterocycles. The topological polar surface area (TPSA) is 75.7 Å². The summed E-state index contributed by atoms with van der Waals surface area (Å²) in [6.45, 7) is 0.785. The van der Waals surface area contributed by atoms with Crippen molar-refractivity contribution in [3.63, 3.8) is 0 Å². The smallest absolute Gasteiger partial charge is 0.258 e. The maximum Gasteiger partial charge on any atom is 0.258 e. The zero-order valence-corrected chi connectivity index (χ0v) is 14.2. The molecule has 0 bridgehead atoms. The summed E-state index contributed by atoms with van der Waals surface area (Å²) in [5.74, 6) is -0.0841. The molecule has 1 amide bonds. The van der Waals surface area contributed by atoms with E-state index in [0.29, 0.717) is 18.1 Å². The molecule has 1 saturated heterocycles. The van der Waals surface area contributed by atoms with E-state index in [1.54, 1.807) is 6.07 Å². The van der Waals surface area contributed by atoms with E-state index in [1.807, 2.05) is 0 Å². The largest absolute Gasteiger partial charge is 0.482 e. The molecule has 0 spiro atoms. The highest BCUT2D eigenvalue weighted by atomic mass is 35.5. The molecule has 0 unspecified atom stereocenters. The molecule has 1 N–H and O–H groups in total. The van der Waals surface area contributed by atoms with Gasteiger partial charge in [0.25, 0.3) is 5.91 Å². The second kappa shape index (κ2) is 6.67. The van der Waals surface area contributed by atoms with Crippen molar-refractivity contribution in [2.75, 3.05) is 19.7 Å². The Balaban J connectivity index is 1.78. The Kier molecular flexibility index (Phi) is 4.79. The third kappa shape index (κ3) is 3.97. The van der Waals surface area contributed by atoms with E-state index < -0.39 is 10.0 Å². The Morgan fingerprint density at radius 2 is 2.00 bits per heavy atom. The van der Waals surface area contributed by atoms with Gasteiger partial charge in [0.2, 0.25) is 10.0 Å². The Morgan fingerprint density at radius 1 is 1.30 bits per heavy atom. The lowest BCUT2D eigenvalue weighted by molar-refractivity contribution is -0.123. The van der Waals surface area contributed by atoms with Gasteiger partial charge in [-0.05, 0) is 43.9 Å². The van der Waals surface area contributed by atoms with Crippen LogP contribution in [0.3, 0.4) is 0 Å². The third-order valence-corrected chi connectivity index (χ3v) is 6.04. The minimum Gasteiger partial charge on any atom is -0.482 e. The molecule has 3 rings (SSSR count). The van der Waals surface area contributed by atoms with Crippen LogP contribution in [0.15, 0.2) is 23.1 Å². The summed E-state index contributed by atoms with van der Waals surface area (Å²) in [4.78, 5) is 11.7. The highest BCUT2D eigenvalue weighted by Crippen LogP contribution is 2.31. The average Bonchev–Trinajstić information content (AvgIpc) is 3.14. The van der Waals surface area contributed by atoms with Gasteiger partial charge in [-0.1, -0.05) is 11.6 Å². The van der Waals surface area contributed by atoms with E-state index in [-0.39, 0.29) is 29.2 Å². The van der Waals surface area contributed by atoms with Crippen molar-refractivity contribution in [2.45, 2.75) is 36.6 Å². The standard InChI is InChI=1S/C15H19ClN2O4S/c16-11-3-6-13(22-10-15(19)17-12-4-5-12)14(9-11)23(20,21)18-7-1-2-8-18/h3,6,9,12H,1-2,4-5,7-8,10H2,(H,17,19). The second-order valence-corrected chi connectivity index (χ2v) is 8.18. The number of ether oxygens (including phenoxy) is 1. The number of carbonyl (C=O) groups excluding carboxylic acids is 1. The lowest BCUT2D eigenvalue weighted by atomic mass is 10.3. The van der Waals surface area contributed by atoms with Crippen LogP contribution in [0.25, 0.3) is 0 Å². The molecule has 23 heavy (non-hydrogen) atoms. The summed E-state index contributed by atoms with van der Waals surface area (Å²) in [7, 11) is -3.66. The molecular weight excluding hydrogens is 340 g/mol. The first kappa shape index (κ1) is 16.5. The summed E-state index contributed by atoms with van der Waals surface area (Å²) in [5, 5.41) is 3.12. The number of halogens is 1. The van der Waals surface area contributed by atoms with Crippen LogP contribution in [0.4, 0.5) is 0 Å². The van der Waals surface area contributed by atoms with Gasteiger partial charge in [0.1, 0.15) is 10.6 Å². The summed E-state index contributed by atoms with van der Waals surface area (Å²) >= 11 is 5.95. The van der Waals surface area contributed by atoms with E-state index in [2.05, 4.69) is 5.32 Å². The summed E-state index contributed by atoms with van der Waals surface area (Å²) in [6, 6.07) is 4.67. The van der Waals surface area contributed by atoms with Crippen LogP contribution < -0.4 is 10.1 Å². The quantitative estimate of drug-likeness (QED) is 0.841. The maximum absolute atomic E-state index is 12.7. The molecule has 0 radical (unpaired) electrons. The van der Waals surface area contributed by atoms with Crippen LogP contribution in [0.2, 0.25) is 5.02 Å². The van der Waals surface area contributed by atoms with Crippen LogP contribution >= 0.6 is 11.6 Å². The van der Waals surface area contributed by atoms with Crippen LogP contribution in [-0.2, 0) is 14.8 Å². The molecular formula is C15H19ClN2O4S.